The summed E-state index contributed by atoms with van der Waals surface area (Å²) in [6.45, 7) is 7.53. The third kappa shape index (κ3) is 4.66. The van der Waals surface area contributed by atoms with E-state index in [0.717, 1.165) is 18.5 Å². The van der Waals surface area contributed by atoms with Gasteiger partial charge >= 0.3 is 0 Å². The molecule has 0 radical (unpaired) electrons. The molecular formula is C16H24N2O. The summed E-state index contributed by atoms with van der Waals surface area (Å²) in [5, 5.41) is 13.0. The van der Waals surface area contributed by atoms with Crippen molar-refractivity contribution in [1.29, 1.82) is 5.26 Å². The lowest BCUT2D eigenvalue weighted by molar-refractivity contribution is 0.0656. The van der Waals surface area contributed by atoms with E-state index >= 15 is 0 Å². The van der Waals surface area contributed by atoms with Gasteiger partial charge in [0.15, 0.2) is 0 Å². The number of ether oxygens (including phenoxy) is 1. The number of hydrogen-bond donors (Lipinski definition) is 1. The molecule has 0 saturated carbocycles. The molecule has 0 aliphatic heterocycles. The van der Waals surface area contributed by atoms with Gasteiger partial charge in [-0.05, 0) is 32.4 Å². The number of benzene rings is 1. The van der Waals surface area contributed by atoms with Gasteiger partial charge in [-0.3, -0.25) is 5.32 Å². The van der Waals surface area contributed by atoms with Crippen molar-refractivity contribution in [1.82, 2.24) is 5.32 Å². The molecule has 1 N–H and O–H groups in total. The van der Waals surface area contributed by atoms with E-state index in [1.807, 2.05) is 44.2 Å². The first-order chi connectivity index (χ1) is 9.14. The van der Waals surface area contributed by atoms with Crippen molar-refractivity contribution in [2.75, 3.05) is 13.2 Å². The van der Waals surface area contributed by atoms with Crippen LogP contribution in [0.2, 0.25) is 0 Å². The average Bonchev–Trinajstić information content (AvgIpc) is 2.43. The highest BCUT2D eigenvalue weighted by Crippen LogP contribution is 2.24. The summed E-state index contributed by atoms with van der Waals surface area (Å²) < 4.78 is 5.61. The molecule has 3 nitrogen and oxygen atoms in total. The van der Waals surface area contributed by atoms with Crippen LogP contribution in [0.25, 0.3) is 0 Å². The molecule has 0 aromatic heterocycles. The molecule has 1 atom stereocenters. The Bertz CT molecular complexity index is 397. The zero-order chi connectivity index (χ0) is 14.1. The Morgan fingerprint density at radius 2 is 2.00 bits per heavy atom. The predicted molar refractivity (Wildman–Crippen MR) is 77.7 cm³/mol. The minimum Gasteiger partial charge on any atom is -0.379 e. The molecule has 0 heterocycles. The molecule has 1 rings (SSSR count). The SMILES string of the molecule is CCCNC(C#N)(CCOC(C)C)c1ccccc1. The van der Waals surface area contributed by atoms with Crippen LogP contribution in [0.5, 0.6) is 0 Å². The van der Waals surface area contributed by atoms with E-state index < -0.39 is 5.54 Å². The number of nitriles is 1. The molecule has 0 amide bonds. The monoisotopic (exact) mass is 260 g/mol. The van der Waals surface area contributed by atoms with Crippen LogP contribution in [0.3, 0.4) is 0 Å². The van der Waals surface area contributed by atoms with Crippen LogP contribution < -0.4 is 5.32 Å². The summed E-state index contributed by atoms with van der Waals surface area (Å²) in [5.74, 6) is 0. The van der Waals surface area contributed by atoms with Crippen LogP contribution in [0.15, 0.2) is 30.3 Å². The highest BCUT2D eigenvalue weighted by Gasteiger charge is 2.31. The fourth-order valence-electron chi connectivity index (χ4n) is 2.00. The highest BCUT2D eigenvalue weighted by molar-refractivity contribution is 5.31. The maximum atomic E-state index is 9.65. The van der Waals surface area contributed by atoms with Gasteiger partial charge in [0.25, 0.3) is 0 Å². The van der Waals surface area contributed by atoms with Crippen molar-refractivity contribution in [2.24, 2.45) is 0 Å². The molecule has 1 aromatic carbocycles. The third-order valence-electron chi connectivity index (χ3n) is 3.06. The minimum atomic E-state index is -0.647. The van der Waals surface area contributed by atoms with Crippen LogP contribution in [0.1, 0.15) is 39.2 Å². The summed E-state index contributed by atoms with van der Waals surface area (Å²) in [6.07, 6.45) is 1.85. The minimum absolute atomic E-state index is 0.193. The lowest BCUT2D eigenvalue weighted by atomic mass is 9.88. The van der Waals surface area contributed by atoms with Crippen molar-refractivity contribution in [3.8, 4) is 6.07 Å². The second-order valence-corrected chi connectivity index (χ2v) is 4.98. The van der Waals surface area contributed by atoms with Gasteiger partial charge in [-0.2, -0.15) is 5.26 Å². The van der Waals surface area contributed by atoms with Crippen molar-refractivity contribution in [3.63, 3.8) is 0 Å². The van der Waals surface area contributed by atoms with E-state index in [2.05, 4.69) is 18.3 Å². The lowest BCUT2D eigenvalue weighted by Crippen LogP contribution is -2.42. The fraction of sp³-hybridized carbons (Fsp3) is 0.562. The van der Waals surface area contributed by atoms with E-state index in [9.17, 15) is 5.26 Å². The van der Waals surface area contributed by atoms with Crippen LogP contribution in [0, 0.1) is 11.3 Å². The van der Waals surface area contributed by atoms with E-state index in [0.29, 0.717) is 13.0 Å². The van der Waals surface area contributed by atoms with Crippen molar-refractivity contribution >= 4 is 0 Å². The van der Waals surface area contributed by atoms with Gasteiger partial charge in [0.05, 0.1) is 18.8 Å². The van der Waals surface area contributed by atoms with Gasteiger partial charge in [-0.15, -0.1) is 0 Å². The summed E-state index contributed by atoms with van der Waals surface area (Å²) in [5.41, 5.74) is 0.366. The lowest BCUT2D eigenvalue weighted by Gasteiger charge is -2.29. The van der Waals surface area contributed by atoms with E-state index in [1.165, 1.54) is 0 Å². The smallest absolute Gasteiger partial charge is 0.134 e. The van der Waals surface area contributed by atoms with Crippen molar-refractivity contribution in [2.45, 2.75) is 45.3 Å². The Hall–Kier alpha value is -1.37. The molecule has 104 valence electrons. The molecule has 0 spiro atoms. The highest BCUT2D eigenvalue weighted by atomic mass is 16.5. The topological polar surface area (TPSA) is 45.0 Å². The number of nitrogens with one attached hydrogen (secondary N) is 1. The standard InChI is InChI=1S/C16H24N2O/c1-4-11-18-16(13-17,10-12-19-14(2)3)15-8-6-5-7-9-15/h5-9,14,18H,4,10-12H2,1-3H3. The molecule has 19 heavy (non-hydrogen) atoms. The maximum Gasteiger partial charge on any atom is 0.134 e. The van der Waals surface area contributed by atoms with Gasteiger partial charge in [0.1, 0.15) is 5.54 Å². The van der Waals surface area contributed by atoms with Crippen molar-refractivity contribution in [3.05, 3.63) is 35.9 Å². The molecule has 0 bridgehead atoms. The zero-order valence-electron chi connectivity index (χ0n) is 12.1. The van der Waals surface area contributed by atoms with E-state index in [4.69, 9.17) is 4.74 Å². The number of nitrogens with zero attached hydrogens (tertiary/aromatic N) is 1. The molecular weight excluding hydrogens is 236 g/mol. The Morgan fingerprint density at radius 1 is 1.32 bits per heavy atom. The molecule has 3 heteroatoms. The third-order valence-corrected chi connectivity index (χ3v) is 3.06. The zero-order valence-corrected chi connectivity index (χ0v) is 12.1. The normalized spacial score (nSPS) is 14.1. The molecule has 1 aromatic rings. The first-order valence-corrected chi connectivity index (χ1v) is 6.98. The maximum absolute atomic E-state index is 9.65. The quantitative estimate of drug-likeness (QED) is 0.780. The van der Waals surface area contributed by atoms with Crippen LogP contribution in [0.4, 0.5) is 0 Å². The second-order valence-electron chi connectivity index (χ2n) is 4.98. The summed E-state index contributed by atoms with van der Waals surface area (Å²) in [4.78, 5) is 0. The number of hydrogen-bond acceptors (Lipinski definition) is 3. The Balaban J connectivity index is 2.86. The Kier molecular flexibility index (Phi) is 6.55. The van der Waals surface area contributed by atoms with Gasteiger partial charge in [-0.1, -0.05) is 37.3 Å². The first-order valence-electron chi connectivity index (χ1n) is 6.98. The summed E-state index contributed by atoms with van der Waals surface area (Å²) in [7, 11) is 0. The van der Waals surface area contributed by atoms with Crippen LogP contribution in [-0.4, -0.2) is 19.3 Å². The summed E-state index contributed by atoms with van der Waals surface area (Å²) >= 11 is 0. The fourth-order valence-corrected chi connectivity index (χ4v) is 2.00. The Labute approximate surface area is 116 Å². The van der Waals surface area contributed by atoms with Gasteiger partial charge in [0.2, 0.25) is 0 Å². The molecule has 0 saturated heterocycles. The van der Waals surface area contributed by atoms with Gasteiger partial charge in [-0.25, -0.2) is 0 Å². The first kappa shape index (κ1) is 15.7. The second kappa shape index (κ2) is 7.93. The Morgan fingerprint density at radius 3 is 2.53 bits per heavy atom. The largest absolute Gasteiger partial charge is 0.379 e. The molecule has 0 fully saturated rings. The van der Waals surface area contributed by atoms with E-state index in [-0.39, 0.29) is 6.10 Å². The van der Waals surface area contributed by atoms with Crippen LogP contribution in [-0.2, 0) is 10.3 Å². The average molecular weight is 260 g/mol. The predicted octanol–water partition coefficient (Wildman–Crippen LogP) is 3.22. The molecule has 0 aliphatic carbocycles. The van der Waals surface area contributed by atoms with Crippen LogP contribution >= 0.6 is 0 Å². The number of rotatable bonds is 8. The molecule has 1 unspecified atom stereocenters. The molecule has 0 aliphatic rings. The van der Waals surface area contributed by atoms with Gasteiger partial charge in [0, 0.05) is 6.42 Å². The van der Waals surface area contributed by atoms with E-state index in [1.54, 1.807) is 0 Å². The van der Waals surface area contributed by atoms with Gasteiger partial charge < -0.3 is 4.74 Å². The summed E-state index contributed by atoms with van der Waals surface area (Å²) in [6, 6.07) is 12.4. The van der Waals surface area contributed by atoms with Crippen molar-refractivity contribution < 1.29 is 4.74 Å².